The minimum Gasteiger partial charge on any atom is -0.389 e. The van der Waals surface area contributed by atoms with E-state index >= 15 is 0 Å². The molecule has 94 valence electrons. The predicted octanol–water partition coefficient (Wildman–Crippen LogP) is 1.71. The standard InChI is InChI=1S/C11H12ClN5S/c1-17-6-15-10(16-17)5-14-9-4-7(12)2-3-8(9)11(13)18/h2-4,6,14H,5H2,1H3,(H2,13,18). The van der Waals surface area contributed by atoms with Crippen LogP contribution in [0.5, 0.6) is 0 Å². The lowest BCUT2D eigenvalue weighted by atomic mass is 10.2. The molecule has 1 aromatic carbocycles. The highest BCUT2D eigenvalue weighted by atomic mass is 35.5. The van der Waals surface area contributed by atoms with Crippen molar-refractivity contribution >= 4 is 34.5 Å². The number of thiocarbonyl (C=S) groups is 1. The van der Waals surface area contributed by atoms with Gasteiger partial charge in [-0.3, -0.25) is 4.68 Å². The Hall–Kier alpha value is -1.66. The van der Waals surface area contributed by atoms with Crippen LogP contribution in [0, 0.1) is 0 Å². The average Bonchev–Trinajstić information content (AvgIpc) is 2.72. The van der Waals surface area contributed by atoms with Crippen molar-refractivity contribution < 1.29 is 0 Å². The lowest BCUT2D eigenvalue weighted by molar-refractivity contribution is 0.747. The first-order valence-corrected chi connectivity index (χ1v) is 6.02. The third-order valence-electron chi connectivity index (χ3n) is 2.33. The molecule has 7 heteroatoms. The van der Waals surface area contributed by atoms with Crippen molar-refractivity contribution in [2.75, 3.05) is 5.32 Å². The Morgan fingerprint density at radius 1 is 1.56 bits per heavy atom. The lowest BCUT2D eigenvalue weighted by Crippen LogP contribution is -2.13. The van der Waals surface area contributed by atoms with E-state index in [2.05, 4.69) is 15.4 Å². The van der Waals surface area contributed by atoms with Crippen LogP contribution in [-0.4, -0.2) is 19.8 Å². The van der Waals surface area contributed by atoms with E-state index in [9.17, 15) is 0 Å². The quantitative estimate of drug-likeness (QED) is 0.835. The zero-order valence-electron chi connectivity index (χ0n) is 9.72. The molecule has 0 atom stereocenters. The number of nitrogens with zero attached hydrogens (tertiary/aromatic N) is 3. The number of halogens is 1. The van der Waals surface area contributed by atoms with Gasteiger partial charge in [-0.1, -0.05) is 23.8 Å². The van der Waals surface area contributed by atoms with Crippen LogP contribution in [-0.2, 0) is 13.6 Å². The first-order chi connectivity index (χ1) is 8.56. The van der Waals surface area contributed by atoms with Crippen molar-refractivity contribution in [2.45, 2.75) is 6.54 Å². The Balaban J connectivity index is 2.17. The Bertz CT molecular complexity index is 581. The molecule has 0 unspecified atom stereocenters. The number of aryl methyl sites for hydroxylation is 1. The summed E-state index contributed by atoms with van der Waals surface area (Å²) in [4.78, 5) is 4.44. The number of nitrogens with one attached hydrogen (secondary N) is 1. The highest BCUT2D eigenvalue weighted by Crippen LogP contribution is 2.21. The maximum atomic E-state index is 5.95. The van der Waals surface area contributed by atoms with Crippen molar-refractivity contribution in [1.29, 1.82) is 0 Å². The van der Waals surface area contributed by atoms with Gasteiger partial charge in [0.1, 0.15) is 11.3 Å². The minimum absolute atomic E-state index is 0.322. The highest BCUT2D eigenvalue weighted by molar-refractivity contribution is 7.80. The second-order valence-corrected chi connectivity index (χ2v) is 4.62. The zero-order chi connectivity index (χ0) is 13.1. The van der Waals surface area contributed by atoms with Crippen molar-refractivity contribution in [3.63, 3.8) is 0 Å². The van der Waals surface area contributed by atoms with E-state index in [1.165, 1.54) is 0 Å². The number of aromatic nitrogens is 3. The largest absolute Gasteiger partial charge is 0.389 e. The molecule has 0 aliphatic heterocycles. The molecule has 3 N–H and O–H groups in total. The predicted molar refractivity (Wildman–Crippen MR) is 75.7 cm³/mol. The van der Waals surface area contributed by atoms with E-state index in [0.717, 1.165) is 11.3 Å². The summed E-state index contributed by atoms with van der Waals surface area (Å²) >= 11 is 10.9. The van der Waals surface area contributed by atoms with E-state index < -0.39 is 0 Å². The molecular weight excluding hydrogens is 270 g/mol. The summed E-state index contributed by atoms with van der Waals surface area (Å²) in [5, 5.41) is 7.96. The van der Waals surface area contributed by atoms with Gasteiger partial charge in [0, 0.05) is 23.3 Å². The van der Waals surface area contributed by atoms with Gasteiger partial charge in [0.15, 0.2) is 5.82 Å². The fourth-order valence-corrected chi connectivity index (χ4v) is 1.87. The van der Waals surface area contributed by atoms with Gasteiger partial charge in [0.2, 0.25) is 0 Å². The van der Waals surface area contributed by atoms with Gasteiger partial charge in [-0.05, 0) is 18.2 Å². The Morgan fingerprint density at radius 2 is 2.33 bits per heavy atom. The second kappa shape index (κ2) is 5.32. The van der Waals surface area contributed by atoms with Crippen molar-refractivity contribution in [3.8, 4) is 0 Å². The SMILES string of the molecule is Cn1cnc(CNc2cc(Cl)ccc2C(N)=S)n1. The van der Waals surface area contributed by atoms with E-state index in [1.54, 1.807) is 29.2 Å². The fraction of sp³-hybridized carbons (Fsp3) is 0.182. The van der Waals surface area contributed by atoms with Crippen molar-refractivity contribution in [1.82, 2.24) is 14.8 Å². The van der Waals surface area contributed by atoms with Gasteiger partial charge >= 0.3 is 0 Å². The topological polar surface area (TPSA) is 68.8 Å². The number of anilines is 1. The molecule has 0 radical (unpaired) electrons. The van der Waals surface area contributed by atoms with Gasteiger partial charge in [0.05, 0.1) is 6.54 Å². The van der Waals surface area contributed by atoms with Gasteiger partial charge in [-0.15, -0.1) is 0 Å². The van der Waals surface area contributed by atoms with E-state index in [4.69, 9.17) is 29.6 Å². The van der Waals surface area contributed by atoms with Gasteiger partial charge in [-0.2, -0.15) is 5.10 Å². The molecule has 0 spiro atoms. The van der Waals surface area contributed by atoms with Gasteiger partial charge < -0.3 is 11.1 Å². The summed E-state index contributed by atoms with van der Waals surface area (Å²) in [5.41, 5.74) is 7.19. The summed E-state index contributed by atoms with van der Waals surface area (Å²) in [7, 11) is 1.82. The van der Waals surface area contributed by atoms with Gasteiger partial charge in [0.25, 0.3) is 0 Å². The van der Waals surface area contributed by atoms with Crippen LogP contribution in [0.1, 0.15) is 11.4 Å². The Morgan fingerprint density at radius 3 is 2.94 bits per heavy atom. The Kier molecular flexibility index (Phi) is 3.78. The van der Waals surface area contributed by atoms with Crippen LogP contribution in [0.4, 0.5) is 5.69 Å². The van der Waals surface area contributed by atoms with Crippen LogP contribution in [0.2, 0.25) is 5.02 Å². The molecule has 0 amide bonds. The number of hydrogen-bond acceptors (Lipinski definition) is 4. The van der Waals surface area contributed by atoms with Crippen LogP contribution >= 0.6 is 23.8 Å². The molecule has 1 heterocycles. The molecule has 0 fully saturated rings. The summed E-state index contributed by atoms with van der Waals surface area (Å²) in [5.74, 6) is 0.686. The van der Waals surface area contributed by atoms with Crippen LogP contribution in [0.3, 0.4) is 0 Å². The van der Waals surface area contributed by atoms with Crippen LogP contribution in [0.15, 0.2) is 24.5 Å². The molecule has 5 nitrogen and oxygen atoms in total. The van der Waals surface area contributed by atoms with Crippen molar-refractivity contribution in [3.05, 3.63) is 40.9 Å². The van der Waals surface area contributed by atoms with Crippen LogP contribution in [0.25, 0.3) is 0 Å². The van der Waals surface area contributed by atoms with E-state index in [0.29, 0.717) is 22.4 Å². The molecule has 2 aromatic rings. The van der Waals surface area contributed by atoms with E-state index in [1.807, 2.05) is 7.05 Å². The summed E-state index contributed by atoms with van der Waals surface area (Å²) in [6.45, 7) is 0.483. The lowest BCUT2D eigenvalue weighted by Gasteiger charge is -2.10. The fourth-order valence-electron chi connectivity index (χ4n) is 1.52. The molecule has 0 aliphatic rings. The maximum absolute atomic E-state index is 5.95. The number of rotatable bonds is 4. The second-order valence-electron chi connectivity index (χ2n) is 3.74. The smallest absolute Gasteiger partial charge is 0.169 e. The number of nitrogens with two attached hydrogens (primary N) is 1. The van der Waals surface area contributed by atoms with Gasteiger partial charge in [-0.25, -0.2) is 4.98 Å². The highest BCUT2D eigenvalue weighted by Gasteiger charge is 2.07. The third-order valence-corrected chi connectivity index (χ3v) is 2.79. The molecular formula is C11H12ClN5S. The summed E-state index contributed by atoms with van der Waals surface area (Å²) < 4.78 is 1.64. The molecule has 0 saturated carbocycles. The normalized spacial score (nSPS) is 10.3. The van der Waals surface area contributed by atoms with Crippen LogP contribution < -0.4 is 11.1 Å². The Labute approximate surface area is 115 Å². The molecule has 2 rings (SSSR count). The summed E-state index contributed by atoms with van der Waals surface area (Å²) in [6.07, 6.45) is 1.64. The first kappa shape index (κ1) is 12.8. The summed E-state index contributed by atoms with van der Waals surface area (Å²) in [6, 6.07) is 5.32. The molecule has 0 aliphatic carbocycles. The molecule has 0 bridgehead atoms. The average molecular weight is 282 g/mol. The maximum Gasteiger partial charge on any atom is 0.169 e. The van der Waals surface area contributed by atoms with E-state index in [-0.39, 0.29) is 0 Å². The number of hydrogen-bond donors (Lipinski definition) is 2. The monoisotopic (exact) mass is 281 g/mol. The number of benzene rings is 1. The molecule has 0 saturated heterocycles. The minimum atomic E-state index is 0.322. The molecule has 1 aromatic heterocycles. The van der Waals surface area contributed by atoms with Crippen molar-refractivity contribution in [2.24, 2.45) is 12.8 Å². The zero-order valence-corrected chi connectivity index (χ0v) is 11.3. The molecule has 18 heavy (non-hydrogen) atoms. The third kappa shape index (κ3) is 2.96. The first-order valence-electron chi connectivity index (χ1n) is 5.24.